The SMILES string of the molecule is CCCCN1C(=O)C(C(O)C(C)C)NC(=O)C12CCN(Cc1c(C)nn(-c3ccc(C(=O)NCCO)cc3)c1C)CC2. The molecule has 2 aliphatic rings. The number of piperidine rings is 1. The Bertz CT molecular complexity index is 1270. The van der Waals surface area contributed by atoms with Gasteiger partial charge in [-0.2, -0.15) is 5.10 Å². The Morgan fingerprint density at radius 3 is 2.43 bits per heavy atom. The normalized spacial score (nSPS) is 19.8. The number of unbranched alkanes of at least 4 members (excludes halogenated alkanes) is 1. The molecular weight excluding hydrogens is 536 g/mol. The molecule has 1 aromatic heterocycles. The van der Waals surface area contributed by atoms with Crippen LogP contribution in [-0.2, 0) is 16.1 Å². The number of piperazine rings is 1. The van der Waals surface area contributed by atoms with Crippen molar-refractivity contribution < 1.29 is 24.6 Å². The van der Waals surface area contributed by atoms with E-state index in [2.05, 4.69) is 22.5 Å². The number of nitrogens with zero attached hydrogens (tertiary/aromatic N) is 4. The zero-order chi connectivity index (χ0) is 30.6. The molecular formula is C31H46N6O5. The summed E-state index contributed by atoms with van der Waals surface area (Å²) in [4.78, 5) is 43.5. The van der Waals surface area contributed by atoms with Crippen LogP contribution in [0.3, 0.4) is 0 Å². The Morgan fingerprint density at radius 2 is 1.83 bits per heavy atom. The van der Waals surface area contributed by atoms with E-state index in [1.807, 2.05) is 44.5 Å². The quantitative estimate of drug-likeness (QED) is 0.316. The topological polar surface area (TPSA) is 140 Å². The summed E-state index contributed by atoms with van der Waals surface area (Å²) in [5.74, 6) is -0.718. The molecule has 0 aliphatic carbocycles. The first-order valence-corrected chi connectivity index (χ1v) is 15.1. The zero-order valence-corrected chi connectivity index (χ0v) is 25.5. The molecule has 0 radical (unpaired) electrons. The molecule has 2 atom stereocenters. The number of aliphatic hydroxyl groups is 2. The molecule has 1 aromatic carbocycles. The second-order valence-electron chi connectivity index (χ2n) is 11.9. The largest absolute Gasteiger partial charge is 0.395 e. The lowest BCUT2D eigenvalue weighted by Crippen LogP contribution is -2.74. The minimum absolute atomic E-state index is 0.109. The van der Waals surface area contributed by atoms with Gasteiger partial charge in [0.1, 0.15) is 11.6 Å². The predicted octanol–water partition coefficient (Wildman–Crippen LogP) is 1.69. The molecule has 0 bridgehead atoms. The number of carbonyl (C=O) groups excluding carboxylic acids is 3. The summed E-state index contributed by atoms with van der Waals surface area (Å²) < 4.78 is 1.88. The molecule has 230 valence electrons. The molecule has 3 amide bonds. The molecule has 42 heavy (non-hydrogen) atoms. The summed E-state index contributed by atoms with van der Waals surface area (Å²) in [6.45, 7) is 12.4. The number of amides is 3. The second kappa shape index (κ2) is 13.4. The van der Waals surface area contributed by atoms with E-state index >= 15 is 0 Å². The molecule has 1 spiro atoms. The lowest BCUT2D eigenvalue weighted by atomic mass is 9.80. The first-order chi connectivity index (χ1) is 20.0. The van der Waals surface area contributed by atoms with E-state index in [9.17, 15) is 19.5 Å². The highest BCUT2D eigenvalue weighted by Gasteiger charge is 2.54. The summed E-state index contributed by atoms with van der Waals surface area (Å²) in [7, 11) is 0. The summed E-state index contributed by atoms with van der Waals surface area (Å²) in [6.07, 6.45) is 1.86. The maximum absolute atomic E-state index is 13.6. The number of carbonyl (C=O) groups is 3. The monoisotopic (exact) mass is 582 g/mol. The molecule has 4 N–H and O–H groups in total. The Balaban J connectivity index is 1.47. The molecule has 3 heterocycles. The third-order valence-electron chi connectivity index (χ3n) is 8.80. The van der Waals surface area contributed by atoms with Crippen molar-refractivity contribution in [3.63, 3.8) is 0 Å². The summed E-state index contributed by atoms with van der Waals surface area (Å²) in [6, 6.07) is 6.30. The van der Waals surface area contributed by atoms with E-state index in [0.29, 0.717) is 44.6 Å². The Kier molecular flexibility index (Phi) is 10.1. The van der Waals surface area contributed by atoms with E-state index in [1.165, 1.54) is 0 Å². The van der Waals surface area contributed by atoms with Crippen LogP contribution in [0.5, 0.6) is 0 Å². The van der Waals surface area contributed by atoms with Gasteiger partial charge >= 0.3 is 0 Å². The van der Waals surface area contributed by atoms with Gasteiger partial charge in [-0.1, -0.05) is 27.2 Å². The third kappa shape index (κ3) is 6.23. The van der Waals surface area contributed by atoms with Crippen molar-refractivity contribution in [2.24, 2.45) is 5.92 Å². The molecule has 2 aliphatic heterocycles. The number of hydrogen-bond acceptors (Lipinski definition) is 7. The van der Waals surface area contributed by atoms with Crippen LogP contribution in [0, 0.1) is 19.8 Å². The molecule has 0 saturated carbocycles. The van der Waals surface area contributed by atoms with Gasteiger partial charge in [0, 0.05) is 49.5 Å². The van der Waals surface area contributed by atoms with Crippen LogP contribution in [0.1, 0.15) is 73.8 Å². The minimum atomic E-state index is -0.926. The van der Waals surface area contributed by atoms with Crippen molar-refractivity contribution in [1.82, 2.24) is 30.2 Å². The van der Waals surface area contributed by atoms with Gasteiger partial charge in [0.25, 0.3) is 5.91 Å². The minimum Gasteiger partial charge on any atom is -0.395 e. The number of benzene rings is 1. The highest BCUT2D eigenvalue weighted by molar-refractivity contribution is 6.00. The molecule has 2 aromatic rings. The van der Waals surface area contributed by atoms with Crippen molar-refractivity contribution in [3.05, 3.63) is 46.8 Å². The zero-order valence-electron chi connectivity index (χ0n) is 25.5. The Labute approximate surface area is 248 Å². The summed E-state index contributed by atoms with van der Waals surface area (Å²) >= 11 is 0. The van der Waals surface area contributed by atoms with Crippen LogP contribution in [0.25, 0.3) is 5.69 Å². The average Bonchev–Trinajstić information content (AvgIpc) is 3.26. The number of rotatable bonds is 11. The molecule has 4 rings (SSSR count). The number of hydrogen-bond donors (Lipinski definition) is 4. The maximum atomic E-state index is 13.6. The highest BCUT2D eigenvalue weighted by atomic mass is 16.3. The molecule has 2 saturated heterocycles. The van der Waals surface area contributed by atoms with Crippen LogP contribution in [0.2, 0.25) is 0 Å². The van der Waals surface area contributed by atoms with Crippen molar-refractivity contribution in [2.45, 2.75) is 84.5 Å². The Morgan fingerprint density at radius 1 is 1.17 bits per heavy atom. The number of aryl methyl sites for hydroxylation is 1. The van der Waals surface area contributed by atoms with E-state index in [1.54, 1.807) is 17.0 Å². The molecule has 2 fully saturated rings. The van der Waals surface area contributed by atoms with Gasteiger partial charge in [0.2, 0.25) is 11.8 Å². The van der Waals surface area contributed by atoms with Gasteiger partial charge < -0.3 is 25.7 Å². The van der Waals surface area contributed by atoms with Crippen molar-refractivity contribution >= 4 is 17.7 Å². The van der Waals surface area contributed by atoms with Gasteiger partial charge in [-0.15, -0.1) is 0 Å². The summed E-state index contributed by atoms with van der Waals surface area (Å²) in [5, 5.41) is 29.9. The molecule has 11 heteroatoms. The fourth-order valence-corrected chi connectivity index (χ4v) is 6.08. The van der Waals surface area contributed by atoms with Gasteiger partial charge in [-0.25, -0.2) is 4.68 Å². The first kappa shape index (κ1) is 31.7. The number of nitrogens with one attached hydrogen (secondary N) is 2. The predicted molar refractivity (Wildman–Crippen MR) is 159 cm³/mol. The third-order valence-corrected chi connectivity index (χ3v) is 8.80. The van der Waals surface area contributed by atoms with Crippen LogP contribution >= 0.6 is 0 Å². The van der Waals surface area contributed by atoms with Gasteiger partial charge in [0.05, 0.1) is 24.1 Å². The van der Waals surface area contributed by atoms with E-state index < -0.39 is 17.7 Å². The smallest absolute Gasteiger partial charge is 0.251 e. The lowest BCUT2D eigenvalue weighted by Gasteiger charge is -2.52. The molecule has 11 nitrogen and oxygen atoms in total. The van der Waals surface area contributed by atoms with Crippen LogP contribution in [0.15, 0.2) is 24.3 Å². The number of aliphatic hydroxyl groups excluding tert-OH is 2. The van der Waals surface area contributed by atoms with Crippen molar-refractivity contribution in [3.8, 4) is 5.69 Å². The van der Waals surface area contributed by atoms with E-state index in [0.717, 1.165) is 35.5 Å². The highest BCUT2D eigenvalue weighted by Crippen LogP contribution is 2.35. The van der Waals surface area contributed by atoms with E-state index in [-0.39, 0.29) is 36.8 Å². The van der Waals surface area contributed by atoms with Crippen LogP contribution in [0.4, 0.5) is 0 Å². The standard InChI is InChI=1S/C31H46N6O5/c1-6-7-15-36-29(41)26(27(39)20(2)3)33-30(42)31(36)12-16-35(17-13-31)19-25-21(4)34-37(22(25)5)24-10-8-23(9-11-24)28(40)32-14-18-38/h8-11,20,26-27,38-39H,6-7,12-19H2,1-5H3,(H,32,40)(H,33,42). The second-order valence-corrected chi connectivity index (χ2v) is 11.9. The van der Waals surface area contributed by atoms with E-state index in [4.69, 9.17) is 10.2 Å². The van der Waals surface area contributed by atoms with Gasteiger partial charge in [-0.3, -0.25) is 19.3 Å². The maximum Gasteiger partial charge on any atom is 0.251 e. The number of aromatic nitrogens is 2. The van der Waals surface area contributed by atoms with Crippen molar-refractivity contribution in [2.75, 3.05) is 32.8 Å². The number of likely N-dealkylation sites (tertiary alicyclic amines) is 1. The van der Waals surface area contributed by atoms with Gasteiger partial charge in [0.15, 0.2) is 0 Å². The van der Waals surface area contributed by atoms with Crippen LogP contribution < -0.4 is 10.6 Å². The fraction of sp³-hybridized carbons (Fsp3) is 0.613. The van der Waals surface area contributed by atoms with Crippen molar-refractivity contribution in [1.29, 1.82) is 0 Å². The lowest BCUT2D eigenvalue weighted by molar-refractivity contribution is -0.165. The first-order valence-electron chi connectivity index (χ1n) is 15.1. The molecule has 2 unspecified atom stereocenters. The fourth-order valence-electron chi connectivity index (χ4n) is 6.08. The van der Waals surface area contributed by atoms with Crippen LogP contribution in [-0.4, -0.2) is 98.0 Å². The Hall–Kier alpha value is -3.28. The average molecular weight is 583 g/mol. The summed E-state index contributed by atoms with van der Waals surface area (Å²) in [5.41, 5.74) is 3.50. The van der Waals surface area contributed by atoms with Gasteiger partial charge in [-0.05, 0) is 63.3 Å².